The summed E-state index contributed by atoms with van der Waals surface area (Å²) in [6.45, 7) is 7.75. The summed E-state index contributed by atoms with van der Waals surface area (Å²) >= 11 is 0. The fourth-order valence-electron chi connectivity index (χ4n) is 3.95. The lowest BCUT2D eigenvalue weighted by atomic mass is 10.0. The van der Waals surface area contributed by atoms with Crippen LogP contribution in [0, 0.1) is 12.8 Å². The van der Waals surface area contributed by atoms with E-state index in [1.807, 2.05) is 26.8 Å². The summed E-state index contributed by atoms with van der Waals surface area (Å²) in [7, 11) is -2.46. The molecule has 2 amide bonds. The first-order valence-electron chi connectivity index (χ1n) is 10.9. The summed E-state index contributed by atoms with van der Waals surface area (Å²) in [5.74, 6) is 0.0311. The zero-order valence-electron chi connectivity index (χ0n) is 19.6. The Morgan fingerprint density at radius 2 is 1.88 bits per heavy atom. The number of ether oxygens (including phenoxy) is 1. The van der Waals surface area contributed by atoms with Crippen LogP contribution in [0.15, 0.2) is 41.3 Å². The zero-order valence-corrected chi connectivity index (χ0v) is 20.5. The van der Waals surface area contributed by atoms with Gasteiger partial charge in [-0.1, -0.05) is 19.9 Å². The van der Waals surface area contributed by atoms with Crippen LogP contribution < -0.4 is 19.7 Å². The Hall–Kier alpha value is -2.91. The maximum absolute atomic E-state index is 13.2. The Kier molecular flexibility index (Phi) is 7.44. The number of hydrogen-bond acceptors (Lipinski definition) is 5. The van der Waals surface area contributed by atoms with Gasteiger partial charge in [0.1, 0.15) is 11.8 Å². The van der Waals surface area contributed by atoms with Crippen LogP contribution in [0.3, 0.4) is 0 Å². The number of amides is 2. The van der Waals surface area contributed by atoms with Gasteiger partial charge in [0, 0.05) is 19.2 Å². The number of rotatable bonds is 8. The van der Waals surface area contributed by atoms with Crippen molar-refractivity contribution in [2.24, 2.45) is 5.92 Å². The summed E-state index contributed by atoms with van der Waals surface area (Å²) in [5, 5.41) is 2.81. The highest BCUT2D eigenvalue weighted by atomic mass is 32.2. The molecule has 1 aliphatic rings. The molecule has 8 nitrogen and oxygen atoms in total. The minimum atomic E-state index is -3.97. The first-order chi connectivity index (χ1) is 15.5. The lowest BCUT2D eigenvalue weighted by Gasteiger charge is -2.21. The van der Waals surface area contributed by atoms with Gasteiger partial charge in [0.05, 0.1) is 17.7 Å². The number of benzene rings is 2. The van der Waals surface area contributed by atoms with Gasteiger partial charge in [-0.2, -0.15) is 4.72 Å². The van der Waals surface area contributed by atoms with Gasteiger partial charge in [-0.15, -0.1) is 0 Å². The molecule has 0 fully saturated rings. The Morgan fingerprint density at radius 1 is 1.15 bits per heavy atom. The van der Waals surface area contributed by atoms with E-state index >= 15 is 0 Å². The average molecular weight is 474 g/mol. The SMILES string of the molecule is COc1ccc(C)cc1NC(=O)C(CC(C)C)NS(=O)(=O)c1ccc2c(c1)CCN2C(C)=O. The van der Waals surface area contributed by atoms with E-state index in [1.165, 1.54) is 20.1 Å². The second-order valence-electron chi connectivity index (χ2n) is 8.71. The molecule has 0 saturated heterocycles. The normalized spacial score (nSPS) is 14.2. The van der Waals surface area contributed by atoms with Crippen molar-refractivity contribution < 1.29 is 22.7 Å². The summed E-state index contributed by atoms with van der Waals surface area (Å²) < 4.78 is 34.3. The predicted molar refractivity (Wildman–Crippen MR) is 128 cm³/mol. The third-order valence-corrected chi connectivity index (χ3v) is 7.04. The highest BCUT2D eigenvalue weighted by Gasteiger charge is 2.29. The summed E-state index contributed by atoms with van der Waals surface area (Å²) in [4.78, 5) is 26.6. The number of anilines is 2. The molecular formula is C24H31N3O5S. The molecule has 2 N–H and O–H groups in total. The Labute approximate surface area is 195 Å². The van der Waals surface area contributed by atoms with Crippen LogP contribution >= 0.6 is 0 Å². The molecule has 2 aromatic carbocycles. The summed E-state index contributed by atoms with van der Waals surface area (Å²) in [5.41, 5.74) is 2.94. The van der Waals surface area contributed by atoms with E-state index in [2.05, 4.69) is 10.0 Å². The molecule has 1 heterocycles. The molecule has 2 aromatic rings. The third kappa shape index (κ3) is 5.72. The molecule has 0 radical (unpaired) electrons. The quantitative estimate of drug-likeness (QED) is 0.612. The van der Waals surface area contributed by atoms with E-state index in [0.717, 1.165) is 16.8 Å². The lowest BCUT2D eigenvalue weighted by molar-refractivity contribution is -0.118. The van der Waals surface area contributed by atoms with Crippen LogP contribution in [0.25, 0.3) is 0 Å². The van der Waals surface area contributed by atoms with Gasteiger partial charge >= 0.3 is 0 Å². The Bertz CT molecular complexity index is 1160. The molecule has 3 rings (SSSR count). The molecule has 9 heteroatoms. The number of sulfonamides is 1. The van der Waals surface area contributed by atoms with Crippen molar-refractivity contribution in [1.29, 1.82) is 0 Å². The predicted octanol–water partition coefficient (Wildman–Crippen LogP) is 3.24. The van der Waals surface area contributed by atoms with Crippen molar-refractivity contribution in [3.63, 3.8) is 0 Å². The van der Waals surface area contributed by atoms with Crippen molar-refractivity contribution in [3.8, 4) is 5.75 Å². The summed E-state index contributed by atoms with van der Waals surface area (Å²) in [6.07, 6.45) is 0.906. The highest BCUT2D eigenvalue weighted by molar-refractivity contribution is 7.89. The van der Waals surface area contributed by atoms with Crippen LogP contribution in [0.4, 0.5) is 11.4 Å². The molecule has 33 heavy (non-hydrogen) atoms. The van der Waals surface area contributed by atoms with Crippen LogP contribution in [-0.2, 0) is 26.0 Å². The minimum absolute atomic E-state index is 0.0707. The molecular weight excluding hydrogens is 442 g/mol. The molecule has 1 atom stereocenters. The van der Waals surface area contributed by atoms with Gasteiger partial charge in [-0.3, -0.25) is 9.59 Å². The van der Waals surface area contributed by atoms with Crippen molar-refractivity contribution >= 4 is 33.2 Å². The number of carbonyl (C=O) groups is 2. The second-order valence-corrected chi connectivity index (χ2v) is 10.4. The number of carbonyl (C=O) groups excluding carboxylic acids is 2. The van der Waals surface area contributed by atoms with E-state index < -0.39 is 22.0 Å². The van der Waals surface area contributed by atoms with E-state index in [4.69, 9.17) is 4.74 Å². The monoisotopic (exact) mass is 473 g/mol. The first-order valence-corrected chi connectivity index (χ1v) is 12.4. The smallest absolute Gasteiger partial charge is 0.242 e. The minimum Gasteiger partial charge on any atom is -0.495 e. The van der Waals surface area contributed by atoms with Crippen LogP contribution in [-0.4, -0.2) is 39.9 Å². The van der Waals surface area contributed by atoms with Crippen LogP contribution in [0.1, 0.15) is 38.3 Å². The van der Waals surface area contributed by atoms with E-state index in [9.17, 15) is 18.0 Å². The topological polar surface area (TPSA) is 105 Å². The number of nitrogens with zero attached hydrogens (tertiary/aromatic N) is 1. The Balaban J connectivity index is 1.85. The van der Waals surface area contributed by atoms with Crippen LogP contribution in [0.5, 0.6) is 5.75 Å². The molecule has 0 bridgehead atoms. The Morgan fingerprint density at radius 3 is 2.52 bits per heavy atom. The molecule has 0 aliphatic carbocycles. The number of hydrogen-bond donors (Lipinski definition) is 2. The fourth-order valence-corrected chi connectivity index (χ4v) is 5.21. The number of aryl methyl sites for hydroxylation is 1. The van der Waals surface area contributed by atoms with Crippen molar-refractivity contribution in [1.82, 2.24) is 4.72 Å². The van der Waals surface area contributed by atoms with E-state index in [-0.39, 0.29) is 16.7 Å². The molecule has 0 spiro atoms. The number of nitrogens with one attached hydrogen (secondary N) is 2. The molecule has 1 unspecified atom stereocenters. The van der Waals surface area contributed by atoms with Crippen molar-refractivity contribution in [3.05, 3.63) is 47.5 Å². The van der Waals surface area contributed by atoms with Gasteiger partial charge in [-0.05, 0) is 67.1 Å². The van der Waals surface area contributed by atoms with Crippen molar-refractivity contribution in [2.45, 2.75) is 51.5 Å². The lowest BCUT2D eigenvalue weighted by Crippen LogP contribution is -2.44. The second kappa shape index (κ2) is 9.93. The number of methoxy groups -OCH3 is 1. The van der Waals surface area contributed by atoms with Crippen molar-refractivity contribution in [2.75, 3.05) is 23.9 Å². The van der Waals surface area contributed by atoms with Gasteiger partial charge in [-0.25, -0.2) is 8.42 Å². The van der Waals surface area contributed by atoms with Crippen LogP contribution in [0.2, 0.25) is 0 Å². The maximum atomic E-state index is 13.2. The summed E-state index contributed by atoms with van der Waals surface area (Å²) in [6, 6.07) is 9.12. The van der Waals surface area contributed by atoms with E-state index in [0.29, 0.717) is 30.8 Å². The largest absolute Gasteiger partial charge is 0.495 e. The average Bonchev–Trinajstić information content (AvgIpc) is 3.16. The maximum Gasteiger partial charge on any atom is 0.242 e. The van der Waals surface area contributed by atoms with Gasteiger partial charge < -0.3 is 15.0 Å². The number of fused-ring (bicyclic) bond motifs is 1. The third-order valence-electron chi connectivity index (χ3n) is 5.57. The standard InChI is InChI=1S/C24H31N3O5S/c1-15(2)12-21(24(29)25-20-13-16(3)6-9-23(20)32-5)26-33(30,31)19-7-8-22-18(14-19)10-11-27(22)17(4)28/h6-9,13-15,21,26H,10-12H2,1-5H3,(H,25,29). The van der Waals surface area contributed by atoms with Gasteiger partial charge in [0.25, 0.3) is 0 Å². The van der Waals surface area contributed by atoms with E-state index in [1.54, 1.807) is 29.2 Å². The molecule has 178 valence electrons. The zero-order chi connectivity index (χ0) is 24.3. The highest BCUT2D eigenvalue weighted by Crippen LogP contribution is 2.30. The first kappa shape index (κ1) is 24.7. The molecule has 0 saturated carbocycles. The van der Waals surface area contributed by atoms with Gasteiger partial charge in [0.15, 0.2) is 0 Å². The molecule has 0 aromatic heterocycles. The molecule has 1 aliphatic heterocycles. The van der Waals surface area contributed by atoms with Gasteiger partial charge in [0.2, 0.25) is 21.8 Å². The fraction of sp³-hybridized carbons (Fsp3) is 0.417.